The predicted molar refractivity (Wildman–Crippen MR) is 75.5 cm³/mol. The van der Waals surface area contributed by atoms with Crippen molar-refractivity contribution in [3.8, 4) is 11.5 Å². The molecule has 1 aromatic carbocycles. The molecule has 1 aromatic rings. The highest BCUT2D eigenvalue weighted by atomic mass is 16.7. The maximum absolute atomic E-state index is 11.7. The van der Waals surface area contributed by atoms with E-state index in [-0.39, 0.29) is 5.78 Å². The van der Waals surface area contributed by atoms with E-state index in [0.29, 0.717) is 30.3 Å². The monoisotopic (exact) mass is 282 g/mol. The van der Waals surface area contributed by atoms with Crippen LogP contribution in [-0.2, 0) is 9.47 Å². The van der Waals surface area contributed by atoms with Crippen molar-refractivity contribution in [2.75, 3.05) is 27.4 Å². The Morgan fingerprint density at radius 1 is 1.05 bits per heavy atom. The minimum atomic E-state index is -0.506. The molecule has 0 aliphatic heterocycles. The number of carbonyl (C=O) groups is 1. The van der Waals surface area contributed by atoms with E-state index in [1.54, 1.807) is 12.1 Å². The van der Waals surface area contributed by atoms with Crippen molar-refractivity contribution in [1.29, 1.82) is 0 Å². The van der Waals surface area contributed by atoms with Crippen LogP contribution >= 0.6 is 0 Å². The molecular weight excluding hydrogens is 260 g/mol. The zero-order chi connectivity index (χ0) is 15.1. The van der Waals surface area contributed by atoms with Gasteiger partial charge in [0.25, 0.3) is 0 Å². The lowest BCUT2D eigenvalue weighted by Crippen LogP contribution is -2.11. The average Bonchev–Trinajstić information content (AvgIpc) is 2.45. The Balaban J connectivity index is 3.31. The second-order valence-electron chi connectivity index (χ2n) is 4.10. The van der Waals surface area contributed by atoms with Crippen LogP contribution in [0.4, 0.5) is 0 Å². The molecule has 112 valence electrons. The van der Waals surface area contributed by atoms with Crippen LogP contribution in [0.5, 0.6) is 11.5 Å². The maximum Gasteiger partial charge on any atom is 0.184 e. The fraction of sp³-hybridized carbons (Fsp3) is 0.533. The molecule has 5 heteroatoms. The second-order valence-corrected chi connectivity index (χ2v) is 4.10. The molecule has 20 heavy (non-hydrogen) atoms. The minimum absolute atomic E-state index is 0.116. The summed E-state index contributed by atoms with van der Waals surface area (Å²) in [7, 11) is 3.03. The summed E-state index contributed by atoms with van der Waals surface area (Å²) in [5, 5.41) is 0. The van der Waals surface area contributed by atoms with Crippen LogP contribution in [0.3, 0.4) is 0 Å². The Labute approximate surface area is 119 Å². The fourth-order valence-corrected chi connectivity index (χ4v) is 1.96. The molecule has 5 nitrogen and oxygen atoms in total. The number of ketones is 1. The average molecular weight is 282 g/mol. The van der Waals surface area contributed by atoms with Crippen molar-refractivity contribution < 1.29 is 23.7 Å². The van der Waals surface area contributed by atoms with Gasteiger partial charge in [0.2, 0.25) is 0 Å². The number of ether oxygens (including phenoxy) is 4. The first-order chi connectivity index (χ1) is 9.58. The highest BCUT2D eigenvalue weighted by Gasteiger charge is 2.20. The minimum Gasteiger partial charge on any atom is -0.496 e. The van der Waals surface area contributed by atoms with E-state index in [1.165, 1.54) is 21.1 Å². The third kappa shape index (κ3) is 3.71. The van der Waals surface area contributed by atoms with E-state index < -0.39 is 6.29 Å². The third-order valence-corrected chi connectivity index (χ3v) is 2.79. The Morgan fingerprint density at radius 2 is 1.50 bits per heavy atom. The van der Waals surface area contributed by atoms with Gasteiger partial charge in [-0.1, -0.05) is 0 Å². The van der Waals surface area contributed by atoms with Gasteiger partial charge in [0, 0.05) is 18.8 Å². The summed E-state index contributed by atoms with van der Waals surface area (Å²) in [6.45, 7) is 6.30. The summed E-state index contributed by atoms with van der Waals surface area (Å²) in [5.74, 6) is 0.794. The standard InChI is InChI=1S/C15H22O5/c1-6-19-15(20-7-2)11-8-12(17-4)14(10(3)16)13(9-11)18-5/h8-9,15H,6-7H2,1-5H3. The summed E-state index contributed by atoms with van der Waals surface area (Å²) in [4.78, 5) is 11.7. The number of methoxy groups -OCH3 is 2. The Kier molecular flexibility index (Phi) is 6.48. The van der Waals surface area contributed by atoms with Gasteiger partial charge in [-0.2, -0.15) is 0 Å². The van der Waals surface area contributed by atoms with E-state index in [9.17, 15) is 4.79 Å². The molecule has 0 spiro atoms. The summed E-state index contributed by atoms with van der Waals surface area (Å²) in [6.07, 6.45) is -0.506. The quantitative estimate of drug-likeness (QED) is 0.542. The van der Waals surface area contributed by atoms with Gasteiger partial charge in [-0.3, -0.25) is 4.79 Å². The van der Waals surface area contributed by atoms with Crippen molar-refractivity contribution in [3.05, 3.63) is 23.3 Å². The van der Waals surface area contributed by atoms with Crippen LogP contribution in [0, 0.1) is 0 Å². The molecular formula is C15H22O5. The van der Waals surface area contributed by atoms with Gasteiger partial charge in [-0.05, 0) is 32.9 Å². The van der Waals surface area contributed by atoms with E-state index in [4.69, 9.17) is 18.9 Å². The van der Waals surface area contributed by atoms with Crippen molar-refractivity contribution >= 4 is 5.78 Å². The normalized spacial score (nSPS) is 10.7. The lowest BCUT2D eigenvalue weighted by molar-refractivity contribution is -0.140. The van der Waals surface area contributed by atoms with Crippen molar-refractivity contribution in [1.82, 2.24) is 0 Å². The maximum atomic E-state index is 11.7. The molecule has 0 atom stereocenters. The van der Waals surface area contributed by atoms with E-state index >= 15 is 0 Å². The van der Waals surface area contributed by atoms with Crippen LogP contribution in [0.25, 0.3) is 0 Å². The Morgan fingerprint density at radius 3 is 1.80 bits per heavy atom. The van der Waals surface area contributed by atoms with E-state index in [1.807, 2.05) is 13.8 Å². The van der Waals surface area contributed by atoms with Crippen molar-refractivity contribution in [3.63, 3.8) is 0 Å². The van der Waals surface area contributed by atoms with Crippen molar-refractivity contribution in [2.45, 2.75) is 27.1 Å². The third-order valence-electron chi connectivity index (χ3n) is 2.79. The highest BCUT2D eigenvalue weighted by Crippen LogP contribution is 2.34. The molecule has 0 aliphatic carbocycles. The summed E-state index contributed by atoms with van der Waals surface area (Å²) in [6, 6.07) is 3.49. The molecule has 0 saturated carbocycles. The molecule has 0 bridgehead atoms. The smallest absolute Gasteiger partial charge is 0.184 e. The van der Waals surface area contributed by atoms with E-state index in [0.717, 1.165) is 5.56 Å². The molecule has 0 unspecified atom stereocenters. The van der Waals surface area contributed by atoms with E-state index in [2.05, 4.69) is 0 Å². The first kappa shape index (κ1) is 16.5. The van der Waals surface area contributed by atoms with Gasteiger partial charge < -0.3 is 18.9 Å². The lowest BCUT2D eigenvalue weighted by Gasteiger charge is -2.20. The van der Waals surface area contributed by atoms with Gasteiger partial charge in [-0.25, -0.2) is 0 Å². The van der Waals surface area contributed by atoms with Gasteiger partial charge in [-0.15, -0.1) is 0 Å². The molecule has 0 saturated heterocycles. The van der Waals surface area contributed by atoms with Gasteiger partial charge in [0.1, 0.15) is 17.1 Å². The first-order valence-electron chi connectivity index (χ1n) is 6.59. The van der Waals surface area contributed by atoms with Crippen LogP contribution in [0.1, 0.15) is 43.0 Å². The van der Waals surface area contributed by atoms with Crippen LogP contribution in [0.2, 0.25) is 0 Å². The second kappa shape index (κ2) is 7.87. The van der Waals surface area contributed by atoms with Gasteiger partial charge in [0.05, 0.1) is 14.2 Å². The molecule has 0 aromatic heterocycles. The number of carbonyl (C=O) groups excluding carboxylic acids is 1. The van der Waals surface area contributed by atoms with Crippen LogP contribution < -0.4 is 9.47 Å². The zero-order valence-corrected chi connectivity index (χ0v) is 12.7. The summed E-state index contributed by atoms with van der Waals surface area (Å²) >= 11 is 0. The first-order valence-corrected chi connectivity index (χ1v) is 6.59. The Hall–Kier alpha value is -1.59. The lowest BCUT2D eigenvalue weighted by atomic mass is 10.1. The van der Waals surface area contributed by atoms with Crippen molar-refractivity contribution in [2.24, 2.45) is 0 Å². The topological polar surface area (TPSA) is 54.0 Å². The number of Topliss-reactive ketones (excluding diaryl/α,β-unsaturated/α-hetero) is 1. The zero-order valence-electron chi connectivity index (χ0n) is 12.7. The summed E-state index contributed by atoms with van der Waals surface area (Å²) < 4.78 is 21.7. The van der Waals surface area contributed by atoms with Gasteiger partial charge in [0.15, 0.2) is 12.1 Å². The predicted octanol–water partition coefficient (Wildman–Crippen LogP) is 2.98. The number of hydrogen-bond donors (Lipinski definition) is 0. The SMILES string of the molecule is CCOC(OCC)c1cc(OC)c(C(C)=O)c(OC)c1. The van der Waals surface area contributed by atoms with Crippen LogP contribution in [-0.4, -0.2) is 33.2 Å². The largest absolute Gasteiger partial charge is 0.496 e. The molecule has 0 radical (unpaired) electrons. The highest BCUT2D eigenvalue weighted by molar-refractivity contribution is 5.99. The molecule has 0 fully saturated rings. The molecule has 0 N–H and O–H groups in total. The molecule has 0 amide bonds. The molecule has 0 aliphatic rings. The van der Waals surface area contributed by atoms with Crippen LogP contribution in [0.15, 0.2) is 12.1 Å². The molecule has 1 rings (SSSR count). The summed E-state index contributed by atoms with van der Waals surface area (Å²) in [5.41, 5.74) is 1.18. The number of benzene rings is 1. The fourth-order valence-electron chi connectivity index (χ4n) is 1.96. The van der Waals surface area contributed by atoms with Gasteiger partial charge >= 0.3 is 0 Å². The Bertz CT molecular complexity index is 425. The molecule has 0 heterocycles. The number of hydrogen-bond acceptors (Lipinski definition) is 5. The number of rotatable bonds is 8.